The second-order valence-corrected chi connectivity index (χ2v) is 7.73. The van der Waals surface area contributed by atoms with Crippen LogP contribution >= 0.6 is 11.6 Å². The smallest absolute Gasteiger partial charge is 0.218 e. The number of hydrogen-bond donors (Lipinski definition) is 3. The van der Waals surface area contributed by atoms with Crippen molar-refractivity contribution in [2.45, 2.75) is 37.6 Å². The fourth-order valence-corrected chi connectivity index (χ4v) is 3.51. The van der Waals surface area contributed by atoms with Gasteiger partial charge in [0.25, 0.3) is 0 Å². The summed E-state index contributed by atoms with van der Waals surface area (Å²) in [6.07, 6.45) is 3.09. The monoisotopic (exact) mass is 404 g/mol. The van der Waals surface area contributed by atoms with E-state index in [1.807, 2.05) is 6.92 Å². The largest absolute Gasteiger partial charge is 0.397 e. The molecule has 1 amide bonds. The molecule has 8 heteroatoms. The number of benzene rings is 1. The molecule has 0 bridgehead atoms. The fourth-order valence-electron chi connectivity index (χ4n) is 3.27. The molecule has 1 aromatic carbocycles. The van der Waals surface area contributed by atoms with Crippen LogP contribution in [0.1, 0.15) is 47.8 Å². The van der Waals surface area contributed by atoms with Crippen molar-refractivity contribution in [2.24, 2.45) is 5.73 Å². The number of halogens is 2. The van der Waals surface area contributed by atoms with Gasteiger partial charge in [0.1, 0.15) is 11.5 Å². The van der Waals surface area contributed by atoms with Crippen LogP contribution in [0.4, 0.5) is 10.1 Å². The summed E-state index contributed by atoms with van der Waals surface area (Å²) in [5.74, 6) is -1.61. The van der Waals surface area contributed by atoms with Gasteiger partial charge in [0.15, 0.2) is 0 Å². The Labute approximate surface area is 167 Å². The summed E-state index contributed by atoms with van der Waals surface area (Å²) < 4.78 is 15.4. The molecule has 1 aliphatic rings. The van der Waals surface area contributed by atoms with E-state index < -0.39 is 22.9 Å². The summed E-state index contributed by atoms with van der Waals surface area (Å²) in [6, 6.07) is 6.02. The van der Waals surface area contributed by atoms with Crippen molar-refractivity contribution in [1.29, 1.82) is 0 Å². The van der Waals surface area contributed by atoms with Crippen molar-refractivity contribution in [3.63, 3.8) is 0 Å². The Morgan fingerprint density at radius 3 is 2.61 bits per heavy atom. The van der Waals surface area contributed by atoms with Crippen LogP contribution in [0, 0.1) is 5.82 Å². The number of nitrogens with one attached hydrogen (secondary N) is 1. The van der Waals surface area contributed by atoms with Crippen LogP contribution in [0.5, 0.6) is 0 Å². The molecule has 148 valence electrons. The van der Waals surface area contributed by atoms with Crippen LogP contribution < -0.4 is 16.8 Å². The summed E-state index contributed by atoms with van der Waals surface area (Å²) in [4.78, 5) is 27.8. The molecule has 1 fully saturated rings. The highest BCUT2D eigenvalue weighted by molar-refractivity contribution is 6.35. The summed E-state index contributed by atoms with van der Waals surface area (Å²) >= 11 is 6.15. The molecule has 0 unspecified atom stereocenters. The number of aromatic nitrogens is 1. The molecule has 0 spiro atoms. The lowest BCUT2D eigenvalue weighted by Crippen LogP contribution is -2.37. The fraction of sp³-hybridized carbons (Fsp3) is 0.350. The van der Waals surface area contributed by atoms with Gasteiger partial charge < -0.3 is 16.8 Å². The number of pyridine rings is 1. The number of nitrogens with two attached hydrogens (primary N) is 2. The van der Waals surface area contributed by atoms with E-state index in [1.54, 1.807) is 6.07 Å². The van der Waals surface area contributed by atoms with Crippen molar-refractivity contribution < 1.29 is 14.0 Å². The second-order valence-electron chi connectivity index (χ2n) is 7.32. The van der Waals surface area contributed by atoms with E-state index in [0.717, 1.165) is 12.8 Å². The maximum atomic E-state index is 15.4. The first-order valence-corrected chi connectivity index (χ1v) is 9.38. The molecule has 0 saturated heterocycles. The van der Waals surface area contributed by atoms with Gasteiger partial charge in [-0.15, -0.1) is 0 Å². The molecule has 5 N–H and O–H groups in total. The highest BCUT2D eigenvalue weighted by Gasteiger charge is 2.46. The van der Waals surface area contributed by atoms with E-state index in [1.165, 1.54) is 24.4 Å². The van der Waals surface area contributed by atoms with Gasteiger partial charge in [-0.2, -0.15) is 0 Å². The Balaban J connectivity index is 1.87. The molecule has 2 aromatic rings. The van der Waals surface area contributed by atoms with Crippen LogP contribution in [0.25, 0.3) is 0 Å². The summed E-state index contributed by atoms with van der Waals surface area (Å²) in [5, 5.41) is 3.27. The number of primary amides is 1. The Hall–Kier alpha value is -2.51. The third-order valence-corrected chi connectivity index (χ3v) is 5.37. The number of amides is 1. The first-order chi connectivity index (χ1) is 13.2. The van der Waals surface area contributed by atoms with Gasteiger partial charge in [-0.05, 0) is 43.5 Å². The number of nitrogen functional groups attached to an aromatic ring is 1. The van der Waals surface area contributed by atoms with E-state index >= 15 is 4.39 Å². The normalized spacial score (nSPS) is 15.8. The van der Waals surface area contributed by atoms with Gasteiger partial charge in [0.2, 0.25) is 11.7 Å². The second kappa shape index (κ2) is 7.85. The van der Waals surface area contributed by atoms with E-state index in [2.05, 4.69) is 10.3 Å². The lowest BCUT2D eigenvalue weighted by molar-refractivity contribution is -0.118. The predicted octanol–water partition coefficient (Wildman–Crippen LogP) is 2.57. The van der Waals surface area contributed by atoms with Crippen LogP contribution in [-0.4, -0.2) is 29.3 Å². The number of anilines is 1. The van der Waals surface area contributed by atoms with Gasteiger partial charge in [-0.3, -0.25) is 14.6 Å². The van der Waals surface area contributed by atoms with Crippen molar-refractivity contribution in [3.8, 4) is 0 Å². The lowest BCUT2D eigenvalue weighted by Gasteiger charge is -2.21. The number of rotatable bonds is 8. The van der Waals surface area contributed by atoms with E-state index in [4.69, 9.17) is 23.1 Å². The average molecular weight is 405 g/mol. The summed E-state index contributed by atoms with van der Waals surface area (Å²) in [7, 11) is 0. The zero-order valence-corrected chi connectivity index (χ0v) is 16.2. The minimum absolute atomic E-state index is 0.0377. The molecule has 1 heterocycles. The predicted molar refractivity (Wildman–Crippen MR) is 106 cm³/mol. The van der Waals surface area contributed by atoms with Crippen molar-refractivity contribution in [1.82, 2.24) is 10.3 Å². The molecule has 28 heavy (non-hydrogen) atoms. The molecule has 1 saturated carbocycles. The Morgan fingerprint density at radius 2 is 2.04 bits per heavy atom. The first kappa shape index (κ1) is 20.2. The maximum Gasteiger partial charge on any atom is 0.218 e. The SMILES string of the molecule is C[C@H](CC(N)=O)NCC1(c2ccc(Cl)c(C(=O)c3ccc(N)cn3)c2F)CC1. The van der Waals surface area contributed by atoms with Crippen LogP contribution in [0.15, 0.2) is 30.5 Å². The quantitative estimate of drug-likeness (QED) is 0.585. The molecule has 1 aromatic heterocycles. The molecule has 3 rings (SSSR count). The van der Waals surface area contributed by atoms with Gasteiger partial charge in [-0.25, -0.2) is 4.39 Å². The topological polar surface area (TPSA) is 111 Å². The highest BCUT2D eigenvalue weighted by atomic mass is 35.5. The molecule has 0 aliphatic heterocycles. The van der Waals surface area contributed by atoms with Crippen molar-refractivity contribution >= 4 is 29.0 Å². The zero-order chi connectivity index (χ0) is 20.5. The standard InChI is InChI=1S/C20H22ClFN4O2/c1-11(8-16(24)27)26-10-20(6-7-20)13-3-4-14(21)17(18(13)22)19(28)15-5-2-12(23)9-25-15/h2-5,9,11,26H,6-8,10,23H2,1H3,(H2,24,27)/t11-/m1/s1. The number of carbonyl (C=O) groups excluding carboxylic acids is 2. The molecule has 6 nitrogen and oxygen atoms in total. The van der Waals surface area contributed by atoms with Crippen LogP contribution in [-0.2, 0) is 10.2 Å². The van der Waals surface area contributed by atoms with Crippen LogP contribution in [0.2, 0.25) is 5.02 Å². The Morgan fingerprint density at radius 1 is 1.32 bits per heavy atom. The lowest BCUT2D eigenvalue weighted by atomic mass is 9.91. The van der Waals surface area contributed by atoms with Gasteiger partial charge in [0, 0.05) is 24.4 Å². The molecule has 0 radical (unpaired) electrons. The van der Waals surface area contributed by atoms with E-state index in [-0.39, 0.29) is 28.7 Å². The zero-order valence-electron chi connectivity index (χ0n) is 15.5. The Kier molecular flexibility index (Phi) is 5.67. The van der Waals surface area contributed by atoms with Gasteiger partial charge in [0.05, 0.1) is 22.5 Å². The van der Waals surface area contributed by atoms with E-state index in [9.17, 15) is 9.59 Å². The van der Waals surface area contributed by atoms with Gasteiger partial charge in [-0.1, -0.05) is 17.7 Å². The van der Waals surface area contributed by atoms with Crippen molar-refractivity contribution in [3.05, 3.63) is 58.1 Å². The third kappa shape index (κ3) is 4.15. The molecule has 1 atom stereocenters. The maximum absolute atomic E-state index is 15.4. The summed E-state index contributed by atoms with van der Waals surface area (Å²) in [5.41, 5.74) is 11.1. The van der Waals surface area contributed by atoms with Crippen molar-refractivity contribution in [2.75, 3.05) is 12.3 Å². The molecule has 1 aliphatic carbocycles. The van der Waals surface area contributed by atoms with E-state index in [0.29, 0.717) is 17.8 Å². The minimum atomic E-state index is -0.627. The highest BCUT2D eigenvalue weighted by Crippen LogP contribution is 2.49. The van der Waals surface area contributed by atoms with Crippen LogP contribution in [0.3, 0.4) is 0 Å². The number of hydrogen-bond acceptors (Lipinski definition) is 5. The Bertz CT molecular complexity index is 913. The third-order valence-electron chi connectivity index (χ3n) is 5.06. The average Bonchev–Trinajstić information content (AvgIpc) is 3.41. The van der Waals surface area contributed by atoms with Gasteiger partial charge >= 0.3 is 0 Å². The molecular formula is C20H22ClFN4O2. The number of carbonyl (C=O) groups is 2. The minimum Gasteiger partial charge on any atom is -0.397 e. The number of nitrogens with zero attached hydrogens (tertiary/aromatic N) is 1. The summed E-state index contributed by atoms with van der Waals surface area (Å²) in [6.45, 7) is 2.33. The first-order valence-electron chi connectivity index (χ1n) is 9.00. The number of ketones is 1. The molecular weight excluding hydrogens is 383 g/mol.